The van der Waals surface area contributed by atoms with Crippen LogP contribution < -0.4 is 4.74 Å². The lowest BCUT2D eigenvalue weighted by Crippen LogP contribution is -2.06. The predicted octanol–water partition coefficient (Wildman–Crippen LogP) is 5.31. The molecule has 0 spiro atoms. The summed E-state index contributed by atoms with van der Waals surface area (Å²) in [6.07, 6.45) is 1.51. The topological polar surface area (TPSA) is 91.0 Å². The fourth-order valence-electron chi connectivity index (χ4n) is 2.96. The number of esters is 1. The Morgan fingerprint density at radius 3 is 2.72 bits per heavy atom. The Balaban J connectivity index is 1.54. The van der Waals surface area contributed by atoms with Gasteiger partial charge in [0.2, 0.25) is 5.90 Å². The summed E-state index contributed by atoms with van der Waals surface area (Å²) in [7, 11) is 0. The van der Waals surface area contributed by atoms with Crippen molar-refractivity contribution < 1.29 is 23.6 Å². The summed E-state index contributed by atoms with van der Waals surface area (Å²) in [5.41, 5.74) is 1.27. The molecule has 0 saturated carbocycles. The van der Waals surface area contributed by atoms with Gasteiger partial charge in [0.15, 0.2) is 5.70 Å². The van der Waals surface area contributed by atoms with Gasteiger partial charge in [-0.15, -0.1) is 0 Å². The van der Waals surface area contributed by atoms with E-state index in [9.17, 15) is 19.3 Å². The first-order valence-electron chi connectivity index (χ1n) is 9.33. The van der Waals surface area contributed by atoms with Crippen molar-refractivity contribution in [1.29, 1.82) is 0 Å². The average Bonchev–Trinajstić information content (AvgIpc) is 3.13. The van der Waals surface area contributed by atoms with Gasteiger partial charge >= 0.3 is 5.97 Å². The van der Waals surface area contributed by atoms with Crippen LogP contribution in [0.5, 0.6) is 5.75 Å². The van der Waals surface area contributed by atoms with Crippen molar-refractivity contribution in [3.8, 4) is 5.75 Å². The third kappa shape index (κ3) is 4.81. The number of carbonyl (C=O) groups is 1. The summed E-state index contributed by atoms with van der Waals surface area (Å²) >= 11 is 5.82. The van der Waals surface area contributed by atoms with Crippen molar-refractivity contribution >= 4 is 35.2 Å². The number of halogens is 2. The molecule has 3 aromatic rings. The van der Waals surface area contributed by atoms with Gasteiger partial charge in [0, 0.05) is 11.6 Å². The van der Waals surface area contributed by atoms with Crippen LogP contribution in [-0.2, 0) is 16.1 Å². The van der Waals surface area contributed by atoms with Gasteiger partial charge in [-0.3, -0.25) is 10.1 Å². The van der Waals surface area contributed by atoms with Crippen molar-refractivity contribution in [3.63, 3.8) is 0 Å². The number of nitro groups is 1. The fraction of sp³-hybridized carbons (Fsp3) is 0.0435. The second-order valence-corrected chi connectivity index (χ2v) is 7.16. The molecular weight excluding hydrogens is 439 g/mol. The van der Waals surface area contributed by atoms with Gasteiger partial charge in [-0.1, -0.05) is 35.9 Å². The minimum atomic E-state index is -0.691. The van der Waals surface area contributed by atoms with E-state index >= 15 is 0 Å². The Bertz CT molecular complexity index is 1290. The molecule has 32 heavy (non-hydrogen) atoms. The van der Waals surface area contributed by atoms with Crippen molar-refractivity contribution in [1.82, 2.24) is 0 Å². The van der Waals surface area contributed by atoms with Crippen molar-refractivity contribution in [2.45, 2.75) is 6.61 Å². The van der Waals surface area contributed by atoms with E-state index in [1.165, 1.54) is 36.4 Å². The Labute approximate surface area is 186 Å². The molecule has 0 radical (unpaired) electrons. The number of nitrogens with zero attached hydrogens (tertiary/aromatic N) is 2. The molecule has 160 valence electrons. The van der Waals surface area contributed by atoms with Crippen LogP contribution in [0, 0.1) is 15.9 Å². The van der Waals surface area contributed by atoms with E-state index in [1.807, 2.05) is 0 Å². The Kier molecular flexibility index (Phi) is 5.96. The maximum absolute atomic E-state index is 13.3. The summed E-state index contributed by atoms with van der Waals surface area (Å²) in [5, 5.41) is 11.0. The third-order valence-electron chi connectivity index (χ3n) is 4.47. The molecule has 0 fully saturated rings. The zero-order chi connectivity index (χ0) is 22.7. The van der Waals surface area contributed by atoms with Crippen LogP contribution in [0.1, 0.15) is 16.7 Å². The lowest BCUT2D eigenvalue weighted by Gasteiger charge is -2.07. The molecule has 0 saturated heterocycles. The molecular formula is C23H14ClFN2O5. The lowest BCUT2D eigenvalue weighted by molar-refractivity contribution is -0.384. The largest absolute Gasteiger partial charge is 0.489 e. The van der Waals surface area contributed by atoms with Crippen LogP contribution in [-0.4, -0.2) is 16.8 Å². The highest BCUT2D eigenvalue weighted by molar-refractivity contribution is 6.32. The van der Waals surface area contributed by atoms with Gasteiger partial charge in [0.1, 0.15) is 23.2 Å². The molecule has 9 heteroatoms. The van der Waals surface area contributed by atoms with Crippen molar-refractivity contribution in [2.75, 3.05) is 0 Å². The summed E-state index contributed by atoms with van der Waals surface area (Å²) in [5.74, 6) is -0.570. The summed E-state index contributed by atoms with van der Waals surface area (Å²) in [6, 6.07) is 17.0. The van der Waals surface area contributed by atoms with Crippen LogP contribution in [0.25, 0.3) is 6.08 Å². The van der Waals surface area contributed by atoms with Gasteiger partial charge in [-0.25, -0.2) is 14.2 Å². The first-order valence-corrected chi connectivity index (χ1v) is 9.71. The predicted molar refractivity (Wildman–Crippen MR) is 116 cm³/mol. The van der Waals surface area contributed by atoms with E-state index in [2.05, 4.69) is 4.99 Å². The first kappa shape index (κ1) is 21.2. The number of nitro benzene ring substituents is 1. The van der Waals surface area contributed by atoms with Crippen LogP contribution in [0.4, 0.5) is 10.1 Å². The standard InChI is InChI=1S/C23H14ClFN2O5/c24-19-8-7-16(12-21(19)27(29)30)22-26-20(23(28)32-22)11-14-3-2-6-18(10-14)31-13-15-4-1-5-17(25)9-15/h1-12H,13H2/b20-11-. The van der Waals surface area contributed by atoms with Crippen LogP contribution in [0.2, 0.25) is 5.02 Å². The number of hydrogen-bond acceptors (Lipinski definition) is 6. The van der Waals surface area contributed by atoms with E-state index in [-0.39, 0.29) is 40.3 Å². The van der Waals surface area contributed by atoms with Gasteiger partial charge in [0.25, 0.3) is 5.69 Å². The molecule has 0 amide bonds. The quantitative estimate of drug-likeness (QED) is 0.219. The molecule has 1 heterocycles. The van der Waals surface area contributed by atoms with E-state index in [4.69, 9.17) is 21.1 Å². The number of hydrogen-bond donors (Lipinski definition) is 0. The number of ether oxygens (including phenoxy) is 2. The van der Waals surface area contributed by atoms with Crippen LogP contribution >= 0.6 is 11.6 Å². The number of rotatable bonds is 6. The highest BCUT2D eigenvalue weighted by atomic mass is 35.5. The maximum atomic E-state index is 13.3. The third-order valence-corrected chi connectivity index (χ3v) is 4.79. The minimum absolute atomic E-state index is 0.0277. The number of cyclic esters (lactones) is 1. The maximum Gasteiger partial charge on any atom is 0.363 e. The van der Waals surface area contributed by atoms with E-state index in [0.717, 1.165) is 0 Å². The molecule has 1 aliphatic heterocycles. The molecule has 7 nitrogen and oxygen atoms in total. The molecule has 4 rings (SSSR count). The number of benzene rings is 3. The zero-order valence-corrected chi connectivity index (χ0v) is 17.1. The molecule has 0 aromatic heterocycles. The number of carbonyl (C=O) groups excluding carboxylic acids is 1. The van der Waals surface area contributed by atoms with E-state index < -0.39 is 10.9 Å². The van der Waals surface area contributed by atoms with Crippen molar-refractivity contribution in [3.05, 3.63) is 110 Å². The monoisotopic (exact) mass is 452 g/mol. The minimum Gasteiger partial charge on any atom is -0.489 e. The lowest BCUT2D eigenvalue weighted by atomic mass is 10.2. The Morgan fingerprint density at radius 2 is 1.94 bits per heavy atom. The highest BCUT2D eigenvalue weighted by Crippen LogP contribution is 2.28. The average molecular weight is 453 g/mol. The summed E-state index contributed by atoms with van der Waals surface area (Å²) in [6.45, 7) is 0.178. The Hall–Kier alpha value is -4.04. The van der Waals surface area contributed by atoms with Gasteiger partial charge in [-0.05, 0) is 53.6 Å². The normalized spacial score (nSPS) is 14.2. The number of aliphatic imine (C=N–C) groups is 1. The van der Waals surface area contributed by atoms with Gasteiger partial charge in [-0.2, -0.15) is 0 Å². The van der Waals surface area contributed by atoms with Crippen LogP contribution in [0.3, 0.4) is 0 Å². The van der Waals surface area contributed by atoms with Crippen LogP contribution in [0.15, 0.2) is 77.4 Å². The molecule has 0 N–H and O–H groups in total. The Morgan fingerprint density at radius 1 is 1.12 bits per heavy atom. The molecule has 0 unspecified atom stereocenters. The summed E-state index contributed by atoms with van der Waals surface area (Å²) < 4.78 is 24.2. The molecule has 0 atom stereocenters. The molecule has 0 aliphatic carbocycles. The zero-order valence-electron chi connectivity index (χ0n) is 16.3. The SMILES string of the molecule is O=C1OC(c2ccc(Cl)c([N+](=O)[O-])c2)=N/C1=C\c1cccc(OCc2cccc(F)c2)c1. The highest BCUT2D eigenvalue weighted by Gasteiger charge is 2.26. The van der Waals surface area contributed by atoms with E-state index in [1.54, 1.807) is 36.4 Å². The fourth-order valence-corrected chi connectivity index (χ4v) is 3.15. The molecule has 3 aromatic carbocycles. The van der Waals surface area contributed by atoms with Crippen molar-refractivity contribution in [2.24, 2.45) is 4.99 Å². The van der Waals surface area contributed by atoms with E-state index in [0.29, 0.717) is 16.9 Å². The smallest absolute Gasteiger partial charge is 0.363 e. The second kappa shape index (κ2) is 8.99. The van der Waals surface area contributed by atoms with Gasteiger partial charge < -0.3 is 9.47 Å². The van der Waals surface area contributed by atoms with Gasteiger partial charge in [0.05, 0.1) is 4.92 Å². The summed E-state index contributed by atoms with van der Waals surface area (Å²) in [4.78, 5) is 26.9. The molecule has 1 aliphatic rings. The molecule has 0 bridgehead atoms. The second-order valence-electron chi connectivity index (χ2n) is 6.75. The first-order chi connectivity index (χ1) is 15.4.